The number of fused-ring (bicyclic) bond motifs is 3. The Balaban J connectivity index is 0.000000166. The predicted octanol–water partition coefficient (Wildman–Crippen LogP) is 31.4. The highest BCUT2D eigenvalue weighted by molar-refractivity contribution is 5.77. The Morgan fingerprint density at radius 2 is 0.679 bits per heavy atom. The van der Waals surface area contributed by atoms with E-state index < -0.39 is 40.7 Å². The maximum absolute atomic E-state index is 14.8. The van der Waals surface area contributed by atoms with Crippen LogP contribution in [0.1, 0.15) is 221 Å². The van der Waals surface area contributed by atoms with E-state index >= 15 is 0 Å². The van der Waals surface area contributed by atoms with Crippen LogP contribution in [0, 0.1) is 135 Å². The Hall–Kier alpha value is -9.22. The first-order valence-electron chi connectivity index (χ1n) is 40.6. The monoisotopic (exact) mass is 1530 g/mol. The molecule has 0 amide bonds. The minimum absolute atomic E-state index is 0. The predicted molar refractivity (Wildman–Crippen MR) is 446 cm³/mol. The van der Waals surface area contributed by atoms with E-state index in [1.165, 1.54) is 106 Å². The zero-order chi connectivity index (χ0) is 79.6. The Labute approximate surface area is 662 Å². The van der Waals surface area contributed by atoms with E-state index in [4.69, 9.17) is 4.74 Å². The molecular weight excluding hydrogens is 1420 g/mol. The van der Waals surface area contributed by atoms with Gasteiger partial charge in [-0.05, 0) is 262 Å². The Morgan fingerprint density at radius 1 is 0.286 bits per heavy atom. The number of hydrogen-bond acceptors (Lipinski definition) is 1. The van der Waals surface area contributed by atoms with Crippen molar-refractivity contribution in [1.29, 1.82) is 0 Å². The summed E-state index contributed by atoms with van der Waals surface area (Å²) in [6.07, 6.45) is 25.6. The van der Waals surface area contributed by atoms with Gasteiger partial charge in [-0.2, -0.15) is 0 Å². The van der Waals surface area contributed by atoms with Crippen molar-refractivity contribution in [1.82, 2.24) is 0 Å². The van der Waals surface area contributed by atoms with Gasteiger partial charge < -0.3 is 4.74 Å². The second kappa shape index (κ2) is 37.2. The van der Waals surface area contributed by atoms with Crippen LogP contribution in [0.3, 0.4) is 0 Å². The van der Waals surface area contributed by atoms with Crippen molar-refractivity contribution in [3.63, 3.8) is 0 Å². The largest absolute Gasteiger partial charge is 0.485 e. The SMILES string of the molecule is Cc1ccc(-c2ccc(-c3ccc(C4CCC(C)CC4)cc3)c(F)c2F)cc1F.Cc1ccc(-c2ccc(-c3ccc(C4CCC(C)CC4)cc3)cc2F)cc1.Cc1ccc(C2=CCC(C)CC2)c(F)c1F.Cc1ccc(C2=CCC(C3CCC(C)CC3)CC2)c(F)c1F.Cc1ccc2c(c1F)COc1c-2ccc(C)c1F.[HH].[HH].[HH]. The van der Waals surface area contributed by atoms with E-state index in [0.29, 0.717) is 84.5 Å². The molecule has 3 saturated carbocycles. The summed E-state index contributed by atoms with van der Waals surface area (Å²) in [5.41, 5.74) is 15.8. The number of halogens is 10. The Morgan fingerprint density at radius 3 is 1.18 bits per heavy atom. The van der Waals surface area contributed by atoms with E-state index in [1.54, 1.807) is 101 Å². The average molecular weight is 1530 g/mol. The summed E-state index contributed by atoms with van der Waals surface area (Å²) in [5, 5.41) is 0. The number of rotatable bonds is 9. The summed E-state index contributed by atoms with van der Waals surface area (Å²) in [4.78, 5) is 0. The van der Waals surface area contributed by atoms with Crippen LogP contribution in [-0.2, 0) is 6.61 Å². The minimum Gasteiger partial charge on any atom is -0.485 e. The fourth-order valence-electron chi connectivity index (χ4n) is 17.1. The lowest BCUT2D eigenvalue weighted by Crippen LogP contribution is -2.22. The topological polar surface area (TPSA) is 9.23 Å². The van der Waals surface area contributed by atoms with Crippen molar-refractivity contribution in [2.75, 3.05) is 0 Å². The highest BCUT2D eigenvalue weighted by atomic mass is 19.2. The quantitative estimate of drug-likeness (QED) is 0.131. The van der Waals surface area contributed by atoms with Crippen molar-refractivity contribution < 1.29 is 52.9 Å². The van der Waals surface area contributed by atoms with Gasteiger partial charge in [0, 0.05) is 43.2 Å². The number of hydrogen-bond donors (Lipinski definition) is 0. The van der Waals surface area contributed by atoms with E-state index in [9.17, 15) is 43.9 Å². The van der Waals surface area contributed by atoms with Crippen LogP contribution in [0.4, 0.5) is 43.9 Å². The third-order valence-electron chi connectivity index (χ3n) is 24.8. The van der Waals surface area contributed by atoms with Crippen LogP contribution < -0.4 is 4.74 Å². The van der Waals surface area contributed by atoms with Gasteiger partial charge in [0.05, 0.1) is 0 Å². The van der Waals surface area contributed by atoms with Gasteiger partial charge in [-0.25, -0.2) is 43.9 Å². The van der Waals surface area contributed by atoms with Gasteiger partial charge in [0.2, 0.25) is 0 Å². The zero-order valence-corrected chi connectivity index (χ0v) is 66.6. The maximum Gasteiger partial charge on any atom is 0.168 e. The second-order valence-electron chi connectivity index (χ2n) is 33.1. The third kappa shape index (κ3) is 19.5. The number of aryl methyl sites for hydroxylation is 6. The van der Waals surface area contributed by atoms with Gasteiger partial charge in [0.15, 0.2) is 46.5 Å². The van der Waals surface area contributed by atoms with Gasteiger partial charge in [0.25, 0.3) is 0 Å². The van der Waals surface area contributed by atoms with Gasteiger partial charge >= 0.3 is 0 Å². The van der Waals surface area contributed by atoms with Crippen molar-refractivity contribution in [2.24, 2.45) is 35.5 Å². The summed E-state index contributed by atoms with van der Waals surface area (Å²) in [6, 6.07) is 51.4. The molecule has 11 heteroatoms. The van der Waals surface area contributed by atoms with Gasteiger partial charge in [0.1, 0.15) is 24.1 Å². The highest BCUT2D eigenvalue weighted by Crippen LogP contribution is 2.46. The Bertz CT molecular complexity index is 4950. The second-order valence-corrected chi connectivity index (χ2v) is 33.1. The normalized spacial score (nSPS) is 20.5. The molecule has 112 heavy (non-hydrogen) atoms. The fraction of sp³-hybridized carbons (Fsp3) is 0.366. The molecule has 0 N–H and O–H groups in total. The lowest BCUT2D eigenvalue weighted by Gasteiger charge is -2.34. The molecule has 16 rings (SSSR count). The zero-order valence-electron chi connectivity index (χ0n) is 66.6. The van der Waals surface area contributed by atoms with Crippen molar-refractivity contribution in [3.05, 3.63) is 301 Å². The van der Waals surface area contributed by atoms with Crippen LogP contribution in [0.5, 0.6) is 5.75 Å². The van der Waals surface area contributed by atoms with Crippen molar-refractivity contribution in [2.45, 2.75) is 203 Å². The highest BCUT2D eigenvalue weighted by Gasteiger charge is 2.31. The molecule has 10 aromatic carbocycles. The smallest absolute Gasteiger partial charge is 0.168 e. The molecule has 0 radical (unpaired) electrons. The molecule has 3 fully saturated rings. The summed E-state index contributed by atoms with van der Waals surface area (Å²) < 4.78 is 147. The summed E-state index contributed by atoms with van der Waals surface area (Å²) in [5.74, 6) is 0.426. The van der Waals surface area contributed by atoms with Gasteiger partial charge in [-0.3, -0.25) is 0 Å². The van der Waals surface area contributed by atoms with Crippen molar-refractivity contribution >= 4 is 11.1 Å². The molecule has 2 unspecified atom stereocenters. The fourth-order valence-corrected chi connectivity index (χ4v) is 17.1. The van der Waals surface area contributed by atoms with Crippen LogP contribution in [0.15, 0.2) is 182 Å². The number of ether oxygens (including phenoxy) is 1. The molecule has 0 aromatic heterocycles. The molecule has 10 aromatic rings. The average Bonchev–Trinajstić information content (AvgIpc) is 0.764. The van der Waals surface area contributed by atoms with Crippen LogP contribution in [0.2, 0.25) is 0 Å². The first kappa shape index (κ1) is 82.2. The molecule has 1 nitrogen and oxygen atoms in total. The number of allylic oxidation sites excluding steroid dienone is 4. The molecule has 592 valence electrons. The first-order valence-corrected chi connectivity index (χ1v) is 40.6. The van der Waals surface area contributed by atoms with E-state index in [0.717, 1.165) is 102 Å². The first-order chi connectivity index (χ1) is 53.8. The molecule has 5 aliphatic carbocycles. The van der Waals surface area contributed by atoms with Crippen LogP contribution in [0.25, 0.3) is 66.8 Å². The lowest BCUT2D eigenvalue weighted by molar-refractivity contribution is 0.202. The molecule has 1 aliphatic heterocycles. The van der Waals surface area contributed by atoms with E-state index in [1.807, 2.05) is 79.7 Å². The molecule has 0 bridgehead atoms. The van der Waals surface area contributed by atoms with Crippen molar-refractivity contribution in [3.8, 4) is 61.4 Å². The molecule has 0 spiro atoms. The Kier molecular flexibility index (Phi) is 27.3. The molecule has 2 atom stereocenters. The maximum atomic E-state index is 14.8. The third-order valence-corrected chi connectivity index (χ3v) is 24.8. The van der Waals surface area contributed by atoms with E-state index in [-0.39, 0.29) is 45.2 Å². The van der Waals surface area contributed by atoms with Crippen LogP contribution >= 0.6 is 0 Å². The standard InChI is InChI=1S/C26H25F3.C26H27F.C20H26F2.C15H12F2O.C14H16F2.3H2/c1-16-3-6-18(7-4-16)19-9-11-20(12-10-19)22-13-14-23(26(29)25(22)28)21-8-5-17(2)24(27)15-21;1-18-3-7-20(8-4-18)21-11-13-22(14-12-21)24-15-16-25(26(27)17-24)23-9-5-19(2)6-10-23;1-13-3-6-15(7-4-13)16-8-10-17(11-9-16)18-12-5-14(2)19(21)20(18)22;1-8-3-5-10-11-6-4-9(2)14(17)15(11)18-7-12(10)13(8)16;1-9-3-6-11(7-4-9)12-8-5-10(2)13(15)14(12)16;;;/h5,8-16,18H,3-4,6-7H2,1-2H3;5-6,9-18,20H,3-4,7-8H2,1-2H3;5,10,12-13,15-16H,3-4,6-9,11H2,1-2H3;3-6H,7H2,1-2H3;5-6,8-9H,3-4,7H2,1-2H3;3*1H. The summed E-state index contributed by atoms with van der Waals surface area (Å²) in [7, 11) is 0. The molecule has 6 aliphatic rings. The van der Waals surface area contributed by atoms with Gasteiger partial charge in [-0.1, -0.05) is 242 Å². The van der Waals surface area contributed by atoms with Gasteiger partial charge in [-0.15, -0.1) is 0 Å². The molecule has 0 saturated heterocycles. The summed E-state index contributed by atoms with van der Waals surface area (Å²) >= 11 is 0. The van der Waals surface area contributed by atoms with Crippen LogP contribution in [-0.4, -0.2) is 0 Å². The van der Waals surface area contributed by atoms with E-state index in [2.05, 4.69) is 58.0 Å². The molecule has 1 heterocycles. The lowest BCUT2D eigenvalue weighted by atomic mass is 9.71. The minimum atomic E-state index is -0.948. The summed E-state index contributed by atoms with van der Waals surface area (Å²) in [6.45, 7) is 19.5. The molecular formula is C101H112F10O. The number of benzene rings is 10.